The molecule has 0 aliphatic carbocycles. The number of esters is 1. The van der Waals surface area contributed by atoms with E-state index in [1.807, 2.05) is 13.8 Å². The summed E-state index contributed by atoms with van der Waals surface area (Å²) in [6.07, 6.45) is 0.182. The summed E-state index contributed by atoms with van der Waals surface area (Å²) in [5.41, 5.74) is 1.65. The molecule has 1 aromatic heterocycles. The summed E-state index contributed by atoms with van der Waals surface area (Å²) >= 11 is 1.50. The molecule has 1 aliphatic heterocycles. The smallest absolute Gasteiger partial charge is 0.337 e. The van der Waals surface area contributed by atoms with Crippen LogP contribution < -0.4 is 10.9 Å². The van der Waals surface area contributed by atoms with Crippen LogP contribution in [0.1, 0.15) is 48.3 Å². The minimum atomic E-state index is -0.430. The third-order valence-corrected chi connectivity index (χ3v) is 5.41. The number of anilines is 1. The summed E-state index contributed by atoms with van der Waals surface area (Å²) in [4.78, 5) is 40.8. The number of benzene rings is 1. The fourth-order valence-corrected chi connectivity index (χ4v) is 4.01. The Morgan fingerprint density at radius 3 is 2.67 bits per heavy atom. The summed E-state index contributed by atoms with van der Waals surface area (Å²) in [6.45, 7) is 3.99. The van der Waals surface area contributed by atoms with Crippen molar-refractivity contribution in [3.63, 3.8) is 0 Å². The molecule has 0 saturated carbocycles. The molecule has 0 unspecified atom stereocenters. The van der Waals surface area contributed by atoms with Crippen LogP contribution in [0, 0.1) is 0 Å². The Balaban J connectivity index is 1.68. The molecule has 1 aliphatic rings. The van der Waals surface area contributed by atoms with Crippen LogP contribution in [0.3, 0.4) is 0 Å². The van der Waals surface area contributed by atoms with Gasteiger partial charge in [0.25, 0.3) is 5.56 Å². The zero-order valence-electron chi connectivity index (χ0n) is 15.4. The second-order valence-corrected chi connectivity index (χ2v) is 7.60. The first kappa shape index (κ1) is 19.2. The Morgan fingerprint density at radius 1 is 1.33 bits per heavy atom. The number of fused-ring (bicyclic) bond motifs is 1. The van der Waals surface area contributed by atoms with Crippen molar-refractivity contribution in [2.24, 2.45) is 0 Å². The van der Waals surface area contributed by atoms with Crippen molar-refractivity contribution < 1.29 is 14.3 Å². The van der Waals surface area contributed by atoms with E-state index >= 15 is 0 Å². The molecule has 2 heterocycles. The second-order valence-electron chi connectivity index (χ2n) is 6.61. The van der Waals surface area contributed by atoms with Crippen LogP contribution in [0.4, 0.5) is 5.69 Å². The normalized spacial score (nSPS) is 15.5. The molecule has 0 bridgehead atoms. The summed E-state index contributed by atoms with van der Waals surface area (Å²) in [5, 5.41) is 3.47. The van der Waals surface area contributed by atoms with Gasteiger partial charge in [-0.05, 0) is 30.2 Å². The van der Waals surface area contributed by atoms with Gasteiger partial charge in [0.2, 0.25) is 5.91 Å². The number of rotatable bonds is 5. The highest BCUT2D eigenvalue weighted by molar-refractivity contribution is 7.99. The zero-order valence-corrected chi connectivity index (χ0v) is 16.2. The Kier molecular flexibility index (Phi) is 5.65. The molecule has 0 fully saturated rings. The van der Waals surface area contributed by atoms with Crippen LogP contribution in [-0.2, 0) is 9.53 Å². The molecule has 1 N–H and O–H groups in total. The van der Waals surface area contributed by atoms with Crippen molar-refractivity contribution in [2.75, 3.05) is 18.2 Å². The van der Waals surface area contributed by atoms with Gasteiger partial charge in [-0.3, -0.25) is 14.2 Å². The number of amides is 1. The monoisotopic (exact) mass is 387 g/mol. The lowest BCUT2D eigenvalue weighted by molar-refractivity contribution is -0.116. The van der Waals surface area contributed by atoms with Crippen molar-refractivity contribution >= 4 is 29.3 Å². The average Bonchev–Trinajstić information content (AvgIpc) is 3.04. The number of hydrogen-bond donors (Lipinski definition) is 1. The lowest BCUT2D eigenvalue weighted by atomic mass is 10.1. The molecule has 1 atom stereocenters. The highest BCUT2D eigenvalue weighted by Crippen LogP contribution is 2.33. The van der Waals surface area contributed by atoms with E-state index in [-0.39, 0.29) is 29.8 Å². The van der Waals surface area contributed by atoms with E-state index in [0.29, 0.717) is 22.2 Å². The first-order chi connectivity index (χ1) is 12.9. The minimum Gasteiger partial charge on any atom is -0.465 e. The van der Waals surface area contributed by atoms with Crippen LogP contribution in [0.2, 0.25) is 0 Å². The molecule has 0 spiro atoms. The molecule has 8 heteroatoms. The third kappa shape index (κ3) is 4.21. The maximum Gasteiger partial charge on any atom is 0.337 e. The van der Waals surface area contributed by atoms with Crippen molar-refractivity contribution in [3.05, 3.63) is 51.9 Å². The second kappa shape index (κ2) is 7.96. The van der Waals surface area contributed by atoms with E-state index in [1.54, 1.807) is 34.9 Å². The number of aromatic nitrogens is 2. The van der Waals surface area contributed by atoms with Crippen molar-refractivity contribution in [2.45, 2.75) is 37.4 Å². The molecular weight excluding hydrogens is 366 g/mol. The van der Waals surface area contributed by atoms with E-state index in [0.717, 1.165) is 5.69 Å². The van der Waals surface area contributed by atoms with E-state index in [2.05, 4.69) is 15.0 Å². The van der Waals surface area contributed by atoms with Gasteiger partial charge in [-0.1, -0.05) is 25.6 Å². The average molecular weight is 387 g/mol. The maximum absolute atomic E-state index is 12.5. The van der Waals surface area contributed by atoms with Gasteiger partial charge in [0.15, 0.2) is 5.16 Å². The number of nitrogens with zero attached hydrogens (tertiary/aromatic N) is 2. The maximum atomic E-state index is 12.5. The Morgan fingerprint density at radius 2 is 2.04 bits per heavy atom. The predicted octanol–water partition coefficient (Wildman–Crippen LogP) is 2.83. The summed E-state index contributed by atoms with van der Waals surface area (Å²) < 4.78 is 6.25. The minimum absolute atomic E-state index is 0.117. The van der Waals surface area contributed by atoms with Gasteiger partial charge in [0.1, 0.15) is 0 Å². The van der Waals surface area contributed by atoms with Crippen LogP contribution >= 0.6 is 11.8 Å². The molecule has 1 aromatic carbocycles. The topological polar surface area (TPSA) is 90.3 Å². The predicted molar refractivity (Wildman–Crippen MR) is 103 cm³/mol. The summed E-state index contributed by atoms with van der Waals surface area (Å²) in [6, 6.07) is 7.79. The van der Waals surface area contributed by atoms with Gasteiger partial charge in [-0.25, -0.2) is 9.78 Å². The SMILES string of the molecule is COC(=O)c1ccc(NC(=O)C[C@H]2CSc3nc(C(C)C)cc(=O)n32)cc1. The quantitative estimate of drug-likeness (QED) is 0.627. The van der Waals surface area contributed by atoms with E-state index in [1.165, 1.54) is 18.9 Å². The molecule has 27 heavy (non-hydrogen) atoms. The number of carbonyl (C=O) groups is 2. The number of hydrogen-bond acceptors (Lipinski definition) is 6. The molecule has 142 valence electrons. The highest BCUT2D eigenvalue weighted by Gasteiger charge is 2.28. The summed E-state index contributed by atoms with van der Waals surface area (Å²) in [5.74, 6) is 0.192. The first-order valence-electron chi connectivity index (χ1n) is 8.63. The molecule has 0 radical (unpaired) electrons. The Hall–Kier alpha value is -2.61. The number of methoxy groups -OCH3 is 1. The molecule has 3 rings (SSSR count). The molecule has 0 saturated heterocycles. The van der Waals surface area contributed by atoms with Crippen molar-refractivity contribution in [3.8, 4) is 0 Å². The molecule has 2 aromatic rings. The Bertz CT molecular complexity index is 922. The first-order valence-corrected chi connectivity index (χ1v) is 9.62. The van der Waals surface area contributed by atoms with E-state index < -0.39 is 5.97 Å². The zero-order chi connectivity index (χ0) is 19.6. The number of nitrogens with one attached hydrogen (secondary N) is 1. The van der Waals surface area contributed by atoms with Gasteiger partial charge in [0.05, 0.1) is 24.4 Å². The Labute approximate surface area is 161 Å². The van der Waals surface area contributed by atoms with Gasteiger partial charge in [-0.2, -0.15) is 0 Å². The lowest BCUT2D eigenvalue weighted by Crippen LogP contribution is -2.28. The van der Waals surface area contributed by atoms with E-state index in [9.17, 15) is 14.4 Å². The lowest BCUT2D eigenvalue weighted by Gasteiger charge is -2.14. The fourth-order valence-electron chi connectivity index (χ4n) is 2.85. The standard InChI is InChI=1S/C19H21N3O4S/c1-11(2)15-9-17(24)22-14(10-27-19(22)21-15)8-16(23)20-13-6-4-12(5-7-13)18(25)26-3/h4-7,9,11,14H,8,10H2,1-3H3,(H,20,23)/t14-/m0/s1. The van der Waals surface area contributed by atoms with Crippen molar-refractivity contribution in [1.82, 2.24) is 9.55 Å². The van der Waals surface area contributed by atoms with Crippen LogP contribution in [0.25, 0.3) is 0 Å². The van der Waals surface area contributed by atoms with Gasteiger partial charge < -0.3 is 10.1 Å². The summed E-state index contributed by atoms with van der Waals surface area (Å²) in [7, 11) is 1.32. The van der Waals surface area contributed by atoms with Crippen molar-refractivity contribution in [1.29, 1.82) is 0 Å². The largest absolute Gasteiger partial charge is 0.465 e. The molecule has 1 amide bonds. The van der Waals surface area contributed by atoms with Gasteiger partial charge >= 0.3 is 5.97 Å². The highest BCUT2D eigenvalue weighted by atomic mass is 32.2. The third-order valence-electron chi connectivity index (χ3n) is 4.31. The fraction of sp³-hybridized carbons (Fsp3) is 0.368. The van der Waals surface area contributed by atoms with Gasteiger partial charge in [0, 0.05) is 23.9 Å². The molecule has 7 nitrogen and oxygen atoms in total. The van der Waals surface area contributed by atoms with Crippen LogP contribution in [0.5, 0.6) is 0 Å². The van der Waals surface area contributed by atoms with Crippen LogP contribution in [-0.4, -0.2) is 34.3 Å². The van der Waals surface area contributed by atoms with Gasteiger partial charge in [-0.15, -0.1) is 0 Å². The van der Waals surface area contributed by atoms with Crippen LogP contribution in [0.15, 0.2) is 40.3 Å². The number of thioether (sulfide) groups is 1. The molecular formula is C19H21N3O4S. The number of ether oxygens (including phenoxy) is 1. The van der Waals surface area contributed by atoms with E-state index in [4.69, 9.17) is 0 Å². The number of carbonyl (C=O) groups excluding carboxylic acids is 2.